The van der Waals surface area contributed by atoms with Gasteiger partial charge in [-0.1, -0.05) is 24.0 Å². The lowest BCUT2D eigenvalue weighted by Crippen LogP contribution is -2.26. The molecule has 0 heterocycles. The van der Waals surface area contributed by atoms with Crippen molar-refractivity contribution in [1.82, 2.24) is 4.90 Å². The lowest BCUT2D eigenvalue weighted by molar-refractivity contribution is 0.0696. The van der Waals surface area contributed by atoms with Gasteiger partial charge in [-0.15, -0.1) is 0 Å². The molecule has 1 aromatic carbocycles. The number of hydrogen-bond donors (Lipinski definition) is 2. The molecule has 0 radical (unpaired) electrons. The summed E-state index contributed by atoms with van der Waals surface area (Å²) < 4.78 is 0.720. The molecule has 21 heavy (non-hydrogen) atoms. The van der Waals surface area contributed by atoms with Crippen LogP contribution in [0.1, 0.15) is 40.1 Å². The van der Waals surface area contributed by atoms with Gasteiger partial charge >= 0.3 is 11.9 Å². The van der Waals surface area contributed by atoms with Crippen molar-refractivity contribution >= 4 is 40.2 Å². The predicted molar refractivity (Wildman–Crippen MR) is 87.2 cm³/mol. The minimum atomic E-state index is -1.14. The van der Waals surface area contributed by atoms with E-state index in [0.717, 1.165) is 23.5 Å². The van der Waals surface area contributed by atoms with E-state index in [2.05, 4.69) is 0 Å². The van der Waals surface area contributed by atoms with E-state index in [4.69, 9.17) is 22.4 Å². The molecule has 7 heteroatoms. The zero-order chi connectivity index (χ0) is 16.0. The maximum absolute atomic E-state index is 11.0. The van der Waals surface area contributed by atoms with E-state index in [-0.39, 0.29) is 11.1 Å². The van der Waals surface area contributed by atoms with Crippen LogP contribution in [0.25, 0.3) is 0 Å². The van der Waals surface area contributed by atoms with Gasteiger partial charge in [0.2, 0.25) is 0 Å². The second kappa shape index (κ2) is 7.99. The molecule has 0 aliphatic carbocycles. The Balaban J connectivity index is 2.90. The van der Waals surface area contributed by atoms with E-state index < -0.39 is 11.9 Å². The van der Waals surface area contributed by atoms with Crippen LogP contribution in [0, 0.1) is 0 Å². The third-order valence-corrected chi connectivity index (χ3v) is 4.47. The standard InChI is InChI=1S/C14H17NO4S2/c1-3-15(4-2)14(20)21-8-9-5-10(12(16)17)7-11(6-9)13(18)19/h5-7H,3-4,8H2,1-2H3,(H,16,17)(H,18,19). The molecule has 0 unspecified atom stereocenters. The smallest absolute Gasteiger partial charge is 0.335 e. The van der Waals surface area contributed by atoms with Crippen LogP contribution in [0.2, 0.25) is 0 Å². The van der Waals surface area contributed by atoms with Crippen molar-refractivity contribution in [3.63, 3.8) is 0 Å². The monoisotopic (exact) mass is 327 g/mol. The average molecular weight is 327 g/mol. The summed E-state index contributed by atoms with van der Waals surface area (Å²) in [5.41, 5.74) is 0.574. The lowest BCUT2D eigenvalue weighted by atomic mass is 10.1. The number of thioether (sulfide) groups is 1. The highest BCUT2D eigenvalue weighted by atomic mass is 32.2. The van der Waals surface area contributed by atoms with E-state index in [1.54, 1.807) is 0 Å². The van der Waals surface area contributed by atoms with Crippen LogP contribution >= 0.6 is 24.0 Å². The molecule has 0 spiro atoms. The van der Waals surface area contributed by atoms with Crippen molar-refractivity contribution in [2.24, 2.45) is 0 Å². The first-order valence-corrected chi connectivity index (χ1v) is 7.80. The molecule has 114 valence electrons. The third-order valence-electron chi connectivity index (χ3n) is 2.87. The Labute approximate surface area is 133 Å². The molecule has 2 N–H and O–H groups in total. The molecule has 0 aliphatic heterocycles. The van der Waals surface area contributed by atoms with Gasteiger partial charge in [0.15, 0.2) is 0 Å². The largest absolute Gasteiger partial charge is 0.478 e. The fourth-order valence-electron chi connectivity index (χ4n) is 1.74. The molecule has 0 aromatic heterocycles. The number of nitrogens with zero attached hydrogens (tertiary/aromatic N) is 1. The molecule has 0 aliphatic rings. The summed E-state index contributed by atoms with van der Waals surface area (Å²) >= 11 is 6.70. The lowest BCUT2D eigenvalue weighted by Gasteiger charge is -2.20. The molecular weight excluding hydrogens is 310 g/mol. The molecule has 0 bridgehead atoms. The minimum Gasteiger partial charge on any atom is -0.478 e. The van der Waals surface area contributed by atoms with Crippen LogP contribution in [-0.4, -0.2) is 44.5 Å². The number of benzene rings is 1. The van der Waals surface area contributed by atoms with Crippen LogP contribution in [0.5, 0.6) is 0 Å². The number of hydrogen-bond acceptors (Lipinski definition) is 4. The average Bonchev–Trinajstić information content (AvgIpc) is 2.45. The molecule has 1 rings (SSSR count). The highest BCUT2D eigenvalue weighted by Gasteiger charge is 2.13. The number of aromatic carboxylic acids is 2. The van der Waals surface area contributed by atoms with Gasteiger partial charge < -0.3 is 15.1 Å². The molecule has 0 fully saturated rings. The van der Waals surface area contributed by atoms with Crippen molar-refractivity contribution in [2.75, 3.05) is 13.1 Å². The van der Waals surface area contributed by atoms with Crippen LogP contribution < -0.4 is 0 Å². The Morgan fingerprint density at radius 3 is 1.95 bits per heavy atom. The van der Waals surface area contributed by atoms with E-state index in [1.807, 2.05) is 18.7 Å². The van der Waals surface area contributed by atoms with Gasteiger partial charge in [-0.2, -0.15) is 0 Å². The van der Waals surface area contributed by atoms with Gasteiger partial charge in [0, 0.05) is 18.8 Å². The zero-order valence-electron chi connectivity index (χ0n) is 11.8. The van der Waals surface area contributed by atoms with Crippen molar-refractivity contribution in [1.29, 1.82) is 0 Å². The number of carboxylic acid groups (broad SMARTS) is 2. The van der Waals surface area contributed by atoms with Gasteiger partial charge in [0.25, 0.3) is 0 Å². The number of carbonyl (C=O) groups is 2. The Morgan fingerprint density at radius 2 is 1.57 bits per heavy atom. The Kier molecular flexibility index (Phi) is 6.64. The molecule has 0 saturated carbocycles. The van der Waals surface area contributed by atoms with E-state index in [9.17, 15) is 9.59 Å². The summed E-state index contributed by atoms with van der Waals surface area (Å²) in [5, 5.41) is 18.0. The highest BCUT2D eigenvalue weighted by molar-refractivity contribution is 8.22. The summed E-state index contributed by atoms with van der Waals surface area (Å²) in [5.74, 6) is -1.84. The van der Waals surface area contributed by atoms with Gasteiger partial charge in [0.1, 0.15) is 4.32 Å². The maximum Gasteiger partial charge on any atom is 0.335 e. The van der Waals surface area contributed by atoms with Crippen LogP contribution in [0.4, 0.5) is 0 Å². The van der Waals surface area contributed by atoms with Crippen LogP contribution in [0.3, 0.4) is 0 Å². The summed E-state index contributed by atoms with van der Waals surface area (Å²) in [6.45, 7) is 5.61. The van der Waals surface area contributed by atoms with E-state index in [1.165, 1.54) is 23.9 Å². The minimum absolute atomic E-state index is 0.0285. The van der Waals surface area contributed by atoms with E-state index in [0.29, 0.717) is 11.3 Å². The first kappa shape index (κ1) is 17.5. The fraction of sp³-hybridized carbons (Fsp3) is 0.357. The molecule has 1 aromatic rings. The molecule has 0 saturated heterocycles. The molecule has 5 nitrogen and oxygen atoms in total. The van der Waals surface area contributed by atoms with Crippen molar-refractivity contribution in [3.8, 4) is 0 Å². The second-order valence-corrected chi connectivity index (χ2v) is 5.86. The summed E-state index contributed by atoms with van der Waals surface area (Å²) in [6, 6.07) is 4.11. The Hall–Kier alpha value is -1.60. The summed E-state index contributed by atoms with van der Waals surface area (Å²) in [7, 11) is 0. The Morgan fingerprint density at radius 1 is 1.10 bits per heavy atom. The van der Waals surface area contributed by atoms with Gasteiger partial charge in [-0.3, -0.25) is 0 Å². The van der Waals surface area contributed by atoms with Gasteiger partial charge in [0.05, 0.1) is 11.1 Å². The SMILES string of the molecule is CCN(CC)C(=S)SCc1cc(C(=O)O)cc(C(=O)O)c1. The molecular formula is C14H17NO4S2. The number of carboxylic acids is 2. The Bertz CT molecular complexity index is 524. The number of rotatable bonds is 6. The molecule has 0 atom stereocenters. The van der Waals surface area contributed by atoms with Gasteiger partial charge in [-0.05, 0) is 37.6 Å². The third kappa shape index (κ3) is 5.02. The second-order valence-electron chi connectivity index (χ2n) is 4.26. The predicted octanol–water partition coefficient (Wildman–Crippen LogP) is 2.94. The quantitative estimate of drug-likeness (QED) is 0.778. The van der Waals surface area contributed by atoms with E-state index >= 15 is 0 Å². The summed E-state index contributed by atoms with van der Waals surface area (Å²) in [6.07, 6.45) is 0. The van der Waals surface area contributed by atoms with Crippen LogP contribution in [0.15, 0.2) is 18.2 Å². The zero-order valence-corrected chi connectivity index (χ0v) is 13.5. The number of thiocarbonyl (C=S) groups is 1. The van der Waals surface area contributed by atoms with Crippen molar-refractivity contribution in [2.45, 2.75) is 19.6 Å². The van der Waals surface area contributed by atoms with Crippen LogP contribution in [-0.2, 0) is 5.75 Å². The topological polar surface area (TPSA) is 77.8 Å². The first-order valence-electron chi connectivity index (χ1n) is 6.41. The van der Waals surface area contributed by atoms with Crippen molar-refractivity contribution in [3.05, 3.63) is 34.9 Å². The highest BCUT2D eigenvalue weighted by Crippen LogP contribution is 2.19. The first-order chi connectivity index (χ1) is 9.88. The van der Waals surface area contributed by atoms with Gasteiger partial charge in [-0.25, -0.2) is 9.59 Å². The normalized spacial score (nSPS) is 10.2. The van der Waals surface area contributed by atoms with Crippen molar-refractivity contribution < 1.29 is 19.8 Å². The summed E-state index contributed by atoms with van der Waals surface area (Å²) in [4.78, 5) is 24.1. The maximum atomic E-state index is 11.0. The molecule has 0 amide bonds. The fourth-order valence-corrected chi connectivity index (χ4v) is 3.07.